The summed E-state index contributed by atoms with van der Waals surface area (Å²) in [7, 11) is 2.01. The van der Waals surface area contributed by atoms with Crippen LogP contribution < -0.4 is 11.1 Å². The summed E-state index contributed by atoms with van der Waals surface area (Å²) >= 11 is 0. The topological polar surface area (TPSA) is 135 Å². The first kappa shape index (κ1) is 26.4. The largest absolute Gasteiger partial charge is 0.480 e. The van der Waals surface area contributed by atoms with E-state index in [9.17, 15) is 29.9 Å². The summed E-state index contributed by atoms with van der Waals surface area (Å²) in [4.78, 5) is 43.3. The van der Waals surface area contributed by atoms with E-state index in [1.165, 1.54) is 12.1 Å². The number of pyridine rings is 2. The van der Waals surface area contributed by atoms with Crippen molar-refractivity contribution in [2.45, 2.75) is 13.1 Å². The van der Waals surface area contributed by atoms with Gasteiger partial charge in [0, 0.05) is 77.6 Å². The molecule has 192 valence electrons. The first-order valence-electron chi connectivity index (χ1n) is 11.6. The van der Waals surface area contributed by atoms with Gasteiger partial charge >= 0.3 is 5.97 Å². The summed E-state index contributed by atoms with van der Waals surface area (Å²) < 4.78 is 1.30. The lowest BCUT2D eigenvalue weighted by molar-refractivity contribution is -0.138. The van der Waals surface area contributed by atoms with Gasteiger partial charge in [-0.15, -0.1) is 0 Å². The van der Waals surface area contributed by atoms with Crippen LogP contribution in [0.3, 0.4) is 0 Å². The van der Waals surface area contributed by atoms with E-state index in [-0.39, 0.29) is 6.54 Å². The minimum atomic E-state index is -0.922. The minimum Gasteiger partial charge on any atom is -0.480 e. The maximum atomic E-state index is 11.8. The molecule has 0 aliphatic carbocycles. The van der Waals surface area contributed by atoms with Gasteiger partial charge < -0.3 is 20.4 Å². The van der Waals surface area contributed by atoms with Gasteiger partial charge in [0.15, 0.2) is 0 Å². The average Bonchev–Trinajstić information content (AvgIpc) is 2.81. The van der Waals surface area contributed by atoms with E-state index < -0.39 is 17.1 Å². The van der Waals surface area contributed by atoms with Crippen LogP contribution in [-0.4, -0.2) is 117 Å². The van der Waals surface area contributed by atoms with Crippen molar-refractivity contribution in [3.8, 4) is 0 Å². The zero-order valence-corrected chi connectivity index (χ0v) is 20.0. The molecule has 3 rings (SSSR count). The number of hydrogen-bond acceptors (Lipinski definition) is 9. The predicted octanol–water partition coefficient (Wildman–Crippen LogP) is -0.879. The fourth-order valence-corrected chi connectivity index (χ4v) is 4.05. The Kier molecular flexibility index (Phi) is 9.43. The molecule has 0 bridgehead atoms. The van der Waals surface area contributed by atoms with Gasteiger partial charge in [0.1, 0.15) is 0 Å². The molecule has 0 aromatic carbocycles. The molecular weight excluding hydrogens is 456 g/mol. The van der Waals surface area contributed by atoms with Crippen LogP contribution in [-0.2, 0) is 17.9 Å². The van der Waals surface area contributed by atoms with Crippen molar-refractivity contribution < 1.29 is 20.3 Å². The second kappa shape index (κ2) is 12.5. The molecule has 2 aromatic heterocycles. The number of carbonyl (C=O) groups is 1. The molecule has 1 fully saturated rings. The molecule has 0 unspecified atom stereocenters. The minimum absolute atomic E-state index is 0.117. The van der Waals surface area contributed by atoms with Crippen molar-refractivity contribution in [2.24, 2.45) is 0 Å². The number of aromatic nitrogens is 2. The molecule has 35 heavy (non-hydrogen) atoms. The molecular formula is C23H34N6O6. The number of nitrogens with zero attached hydrogens (tertiary/aromatic N) is 6. The normalized spacial score (nSPS) is 18.1. The summed E-state index contributed by atoms with van der Waals surface area (Å²) in [5.74, 6) is -0.922. The smallest absolute Gasteiger partial charge is 0.317 e. The van der Waals surface area contributed by atoms with Crippen LogP contribution in [0.2, 0.25) is 0 Å². The van der Waals surface area contributed by atoms with E-state index in [4.69, 9.17) is 0 Å². The Hall–Kier alpha value is -3.19. The maximum absolute atomic E-state index is 11.8. The molecule has 1 saturated heterocycles. The molecule has 1 aliphatic rings. The van der Waals surface area contributed by atoms with E-state index in [2.05, 4.69) is 14.7 Å². The number of likely N-dealkylation sites (N-methyl/N-ethyl adjacent to an activating group) is 1. The van der Waals surface area contributed by atoms with Crippen LogP contribution in [0, 0.1) is 0 Å². The Bertz CT molecular complexity index is 1020. The Labute approximate surface area is 203 Å². The van der Waals surface area contributed by atoms with Crippen LogP contribution in [0.4, 0.5) is 0 Å². The SMILES string of the molecule is CN1CCN(Cc2cccc(=O)n2O)CCN(CC(=O)O)CCN(Cc2cccc(=O)n2O)CC1. The third kappa shape index (κ3) is 7.92. The zero-order valence-electron chi connectivity index (χ0n) is 20.0. The summed E-state index contributed by atoms with van der Waals surface area (Å²) in [6, 6.07) is 9.18. The van der Waals surface area contributed by atoms with Crippen LogP contribution in [0.1, 0.15) is 11.4 Å². The Morgan fingerprint density at radius 2 is 1.11 bits per heavy atom. The van der Waals surface area contributed by atoms with Gasteiger partial charge in [-0.2, -0.15) is 9.46 Å². The van der Waals surface area contributed by atoms with Crippen molar-refractivity contribution >= 4 is 5.97 Å². The quantitative estimate of drug-likeness (QED) is 0.438. The van der Waals surface area contributed by atoms with E-state index in [0.717, 1.165) is 13.1 Å². The standard InChI is InChI=1S/C23H34N6O6/c1-24-8-10-25(16-19-4-2-6-21(30)28(19)34)12-14-27(18-23(32)33)15-13-26(11-9-24)17-20-5-3-7-22(31)29(20)35/h2-7,34-35H,8-18H2,1H3,(H,32,33). The fraction of sp³-hybridized carbons (Fsp3) is 0.522. The monoisotopic (exact) mass is 490 g/mol. The van der Waals surface area contributed by atoms with Crippen molar-refractivity contribution in [1.29, 1.82) is 0 Å². The molecule has 0 radical (unpaired) electrons. The molecule has 0 atom stereocenters. The van der Waals surface area contributed by atoms with E-state index in [1.807, 2.05) is 11.9 Å². The highest BCUT2D eigenvalue weighted by Crippen LogP contribution is 2.07. The first-order chi connectivity index (χ1) is 16.7. The van der Waals surface area contributed by atoms with Crippen molar-refractivity contribution in [2.75, 3.05) is 66.0 Å². The van der Waals surface area contributed by atoms with Gasteiger partial charge in [-0.3, -0.25) is 29.1 Å². The number of carboxylic acids is 1. The highest BCUT2D eigenvalue weighted by atomic mass is 16.5. The summed E-state index contributed by atoms with van der Waals surface area (Å²) in [6.45, 7) is 5.46. The van der Waals surface area contributed by atoms with Crippen molar-refractivity contribution in [3.63, 3.8) is 0 Å². The van der Waals surface area contributed by atoms with Gasteiger partial charge in [0.2, 0.25) is 0 Å². The van der Waals surface area contributed by atoms with Crippen LogP contribution in [0.5, 0.6) is 0 Å². The molecule has 3 N–H and O–H groups in total. The van der Waals surface area contributed by atoms with E-state index in [0.29, 0.717) is 73.2 Å². The maximum Gasteiger partial charge on any atom is 0.317 e. The molecule has 12 nitrogen and oxygen atoms in total. The summed E-state index contributed by atoms with van der Waals surface area (Å²) in [5, 5.41) is 29.6. The Morgan fingerprint density at radius 1 is 0.714 bits per heavy atom. The molecule has 1 aliphatic heterocycles. The third-order valence-corrected chi connectivity index (χ3v) is 6.21. The van der Waals surface area contributed by atoms with Gasteiger partial charge in [-0.25, -0.2) is 0 Å². The number of aliphatic carboxylic acids is 1. The van der Waals surface area contributed by atoms with Crippen LogP contribution in [0.15, 0.2) is 46.0 Å². The number of hydrogen-bond donors (Lipinski definition) is 3. The van der Waals surface area contributed by atoms with Gasteiger partial charge in [-0.1, -0.05) is 12.1 Å². The summed E-state index contributed by atoms with van der Waals surface area (Å²) in [5.41, 5.74) is -0.0381. The lowest BCUT2D eigenvalue weighted by Crippen LogP contribution is -2.46. The molecule has 0 amide bonds. The van der Waals surface area contributed by atoms with Gasteiger partial charge in [0.25, 0.3) is 11.1 Å². The molecule has 3 heterocycles. The highest BCUT2D eigenvalue weighted by molar-refractivity contribution is 5.69. The van der Waals surface area contributed by atoms with E-state index in [1.54, 1.807) is 24.3 Å². The lowest BCUT2D eigenvalue weighted by Gasteiger charge is -2.33. The van der Waals surface area contributed by atoms with Crippen LogP contribution >= 0.6 is 0 Å². The van der Waals surface area contributed by atoms with Crippen molar-refractivity contribution in [3.05, 3.63) is 68.5 Å². The van der Waals surface area contributed by atoms with E-state index >= 15 is 0 Å². The summed E-state index contributed by atoms with van der Waals surface area (Å²) in [6.07, 6.45) is 0. The van der Waals surface area contributed by atoms with Crippen molar-refractivity contribution in [1.82, 2.24) is 29.1 Å². The Balaban J connectivity index is 1.73. The van der Waals surface area contributed by atoms with Gasteiger partial charge in [0.05, 0.1) is 17.9 Å². The van der Waals surface area contributed by atoms with Gasteiger partial charge in [-0.05, 0) is 19.2 Å². The average molecular weight is 491 g/mol. The highest BCUT2D eigenvalue weighted by Gasteiger charge is 2.19. The third-order valence-electron chi connectivity index (χ3n) is 6.21. The molecule has 12 heteroatoms. The van der Waals surface area contributed by atoms with Crippen LogP contribution in [0.25, 0.3) is 0 Å². The lowest BCUT2D eigenvalue weighted by atomic mass is 10.2. The number of carboxylic acid groups (broad SMARTS) is 1. The fourth-order valence-electron chi connectivity index (χ4n) is 4.05. The molecule has 0 saturated carbocycles. The second-order valence-electron chi connectivity index (χ2n) is 8.86. The Morgan fingerprint density at radius 3 is 1.54 bits per heavy atom. The second-order valence-corrected chi connectivity index (χ2v) is 8.86. The molecule has 2 aromatic rings. The molecule has 0 spiro atoms. The number of rotatable bonds is 6. The zero-order chi connectivity index (χ0) is 25.4. The predicted molar refractivity (Wildman–Crippen MR) is 128 cm³/mol. The first-order valence-corrected chi connectivity index (χ1v) is 11.6.